The quantitative estimate of drug-likeness (QED) is 0.226. The Morgan fingerprint density at radius 3 is 2.20 bits per heavy atom. The molecule has 15 nitrogen and oxygen atoms in total. The van der Waals surface area contributed by atoms with Crippen molar-refractivity contribution >= 4 is 35.0 Å². The zero-order valence-corrected chi connectivity index (χ0v) is 35.2. The van der Waals surface area contributed by atoms with Crippen molar-refractivity contribution in [3.8, 4) is 23.3 Å². The number of methoxy groups -OCH3 is 2. The van der Waals surface area contributed by atoms with Gasteiger partial charge in [-0.3, -0.25) is 29.4 Å². The number of nitrogens with zero attached hydrogens (tertiary/aromatic N) is 4. The Morgan fingerprint density at radius 1 is 0.850 bits per heavy atom. The Bertz CT molecular complexity index is 2130. The van der Waals surface area contributed by atoms with Crippen LogP contribution in [0, 0.1) is 22.2 Å². The van der Waals surface area contributed by atoms with Crippen LogP contribution >= 0.6 is 0 Å². The predicted molar refractivity (Wildman–Crippen MR) is 225 cm³/mol. The Hall–Kier alpha value is -5.85. The van der Waals surface area contributed by atoms with Gasteiger partial charge in [-0.05, 0) is 61.0 Å². The molecule has 0 bridgehead atoms. The van der Waals surface area contributed by atoms with E-state index in [4.69, 9.17) is 18.9 Å². The number of piperidine rings is 1. The molecule has 3 heterocycles. The van der Waals surface area contributed by atoms with Gasteiger partial charge in [0.2, 0.25) is 11.8 Å². The normalized spacial score (nSPS) is 23.7. The summed E-state index contributed by atoms with van der Waals surface area (Å²) in [6, 6.07) is 19.5. The van der Waals surface area contributed by atoms with E-state index in [1.54, 1.807) is 37.4 Å². The lowest BCUT2D eigenvalue weighted by molar-refractivity contribution is -0.164. The van der Waals surface area contributed by atoms with Gasteiger partial charge in [0.25, 0.3) is 11.8 Å². The molecule has 15 heteroatoms. The summed E-state index contributed by atoms with van der Waals surface area (Å²) in [6.45, 7) is 14.5. The van der Waals surface area contributed by atoms with Crippen LogP contribution in [0.1, 0.15) is 66.8 Å². The molecule has 0 spiro atoms. The topological polar surface area (TPSA) is 175 Å². The molecule has 0 radical (unpaired) electrons. The highest BCUT2D eigenvalue weighted by Gasteiger charge is 2.64. The summed E-state index contributed by atoms with van der Waals surface area (Å²) in [4.78, 5) is 57.1. The van der Waals surface area contributed by atoms with E-state index in [1.807, 2.05) is 30.3 Å². The highest BCUT2D eigenvalue weighted by atomic mass is 16.5. The zero-order valence-electron chi connectivity index (χ0n) is 35.2. The van der Waals surface area contributed by atoms with Gasteiger partial charge in [0.1, 0.15) is 35.5 Å². The molecule has 3 aliphatic heterocycles. The zero-order chi connectivity index (χ0) is 42.8. The van der Waals surface area contributed by atoms with E-state index in [0.717, 1.165) is 57.2 Å². The first-order chi connectivity index (χ1) is 28.7. The summed E-state index contributed by atoms with van der Waals surface area (Å²) in [6.07, 6.45) is 0.288. The number of hydrogen-bond donors (Lipinski definition) is 3. The van der Waals surface area contributed by atoms with Crippen LogP contribution in [-0.2, 0) is 14.3 Å². The number of carbonyl (C=O) groups is 4. The number of nitriles is 1. The molecule has 3 N–H and O–H groups in total. The molecule has 318 valence electrons. The number of amides is 4. The molecule has 4 aliphatic rings. The molecule has 2 atom stereocenters. The van der Waals surface area contributed by atoms with E-state index in [9.17, 15) is 24.4 Å². The number of ether oxygens (including phenoxy) is 4. The van der Waals surface area contributed by atoms with Crippen molar-refractivity contribution in [2.75, 3.05) is 76.4 Å². The van der Waals surface area contributed by atoms with Crippen molar-refractivity contribution in [3.63, 3.8) is 0 Å². The second-order valence-electron chi connectivity index (χ2n) is 17.2. The van der Waals surface area contributed by atoms with E-state index in [0.29, 0.717) is 40.5 Å². The Balaban J connectivity index is 0.887. The number of carbonyl (C=O) groups excluding carboxylic acids is 4. The maximum atomic E-state index is 13.6. The molecule has 3 aromatic rings. The molecule has 0 aromatic heterocycles. The number of nitrogens with one attached hydrogen (secondary N) is 3. The van der Waals surface area contributed by atoms with Gasteiger partial charge in [0, 0.05) is 92.0 Å². The number of piperazine rings is 1. The first-order valence-electron chi connectivity index (χ1n) is 20.5. The highest BCUT2D eigenvalue weighted by molar-refractivity contribution is 6.04. The average Bonchev–Trinajstić information content (AvgIpc) is 3.25. The fourth-order valence-corrected chi connectivity index (χ4v) is 9.49. The summed E-state index contributed by atoms with van der Waals surface area (Å²) >= 11 is 0. The molecule has 7 rings (SSSR count). The lowest BCUT2D eigenvalue weighted by atomic mass is 9.49. The number of imide groups is 1. The maximum Gasteiger partial charge on any atom is 0.252 e. The Kier molecular flexibility index (Phi) is 12.3. The van der Waals surface area contributed by atoms with Gasteiger partial charge < -0.3 is 39.4 Å². The van der Waals surface area contributed by atoms with Crippen molar-refractivity contribution < 1.29 is 38.1 Å². The molecular formula is C45H55N7O8. The van der Waals surface area contributed by atoms with Crippen LogP contribution in [0.2, 0.25) is 0 Å². The van der Waals surface area contributed by atoms with Gasteiger partial charge in [-0.2, -0.15) is 5.26 Å². The lowest BCUT2D eigenvalue weighted by Crippen LogP contribution is -2.74. The van der Waals surface area contributed by atoms with Crippen molar-refractivity contribution in [1.82, 2.24) is 20.9 Å². The minimum Gasteiger partial charge on any atom is -0.495 e. The largest absolute Gasteiger partial charge is 0.495 e. The predicted octanol–water partition coefficient (Wildman–Crippen LogP) is 3.75. The van der Waals surface area contributed by atoms with Crippen LogP contribution in [0.3, 0.4) is 0 Å². The molecule has 4 amide bonds. The summed E-state index contributed by atoms with van der Waals surface area (Å²) in [5.41, 5.74) is 2.62. The smallest absolute Gasteiger partial charge is 0.252 e. The second kappa shape index (κ2) is 17.4. The fraction of sp³-hybridized carbons (Fsp3) is 0.489. The van der Waals surface area contributed by atoms with Gasteiger partial charge in [-0.1, -0.05) is 27.7 Å². The van der Waals surface area contributed by atoms with E-state index >= 15 is 0 Å². The average molecular weight is 822 g/mol. The van der Waals surface area contributed by atoms with Gasteiger partial charge in [0.05, 0.1) is 38.2 Å². The first kappa shape index (κ1) is 42.3. The van der Waals surface area contributed by atoms with Crippen LogP contribution in [-0.4, -0.2) is 119 Å². The molecule has 1 saturated carbocycles. The van der Waals surface area contributed by atoms with Crippen LogP contribution in [0.4, 0.5) is 11.4 Å². The minimum atomic E-state index is -0.753. The van der Waals surface area contributed by atoms with Crippen molar-refractivity contribution in [1.29, 1.82) is 5.26 Å². The number of hydrogen-bond acceptors (Lipinski definition) is 12. The Labute approximate surface area is 351 Å². The second-order valence-corrected chi connectivity index (χ2v) is 17.2. The summed E-state index contributed by atoms with van der Waals surface area (Å²) in [5.74, 6) is 0.299. The van der Waals surface area contributed by atoms with Crippen molar-refractivity contribution in [2.45, 2.75) is 64.8 Å². The van der Waals surface area contributed by atoms with E-state index in [1.165, 1.54) is 7.11 Å². The number of morpholine rings is 1. The number of rotatable bonds is 12. The lowest BCUT2D eigenvalue weighted by Gasteiger charge is -2.63. The monoisotopic (exact) mass is 821 g/mol. The van der Waals surface area contributed by atoms with Crippen molar-refractivity contribution in [2.24, 2.45) is 10.8 Å². The highest BCUT2D eigenvalue weighted by Crippen LogP contribution is 2.55. The SMILES string of the molecule is COc1cc(OC2C(C)(C)C(NC(=O)c3ccc(N4CCO[C@@H](CN5CCN(c6ccc(C(=O)NC7CCC(=O)NC7=O)cc6OC)CC5)C4)cc3)C2(C)C)ccc1C#N. The molecule has 1 aliphatic carbocycles. The van der Waals surface area contributed by atoms with Gasteiger partial charge in [-0.25, -0.2) is 0 Å². The van der Waals surface area contributed by atoms with Crippen LogP contribution in [0.25, 0.3) is 0 Å². The molecule has 3 aromatic carbocycles. The van der Waals surface area contributed by atoms with Gasteiger partial charge in [-0.15, -0.1) is 0 Å². The van der Waals surface area contributed by atoms with Crippen LogP contribution < -0.4 is 40.0 Å². The van der Waals surface area contributed by atoms with E-state index in [-0.39, 0.29) is 53.7 Å². The third-order valence-corrected chi connectivity index (χ3v) is 12.5. The van der Waals surface area contributed by atoms with Gasteiger partial charge >= 0.3 is 0 Å². The standard InChI is InChI=1S/C45H55N7O8/c1-44(2)42(45(3,4)43(44)60-32-13-9-30(25-46)36(24-32)57-5)49-39(54)28-7-11-31(12-8-28)52-21-22-59-33(27-52)26-50-17-19-51(20-18-50)35-15-10-29(23-37(35)58-6)40(55)47-34-14-16-38(53)48-41(34)56/h7-13,15,23-24,33-34,42-43H,14,16-22,26-27H2,1-6H3,(H,47,55)(H,49,54)(H,48,53,56)/t33-,34?,42?,43?/m0/s1. The molecule has 4 fully saturated rings. The molecule has 3 saturated heterocycles. The maximum absolute atomic E-state index is 13.6. The van der Waals surface area contributed by atoms with E-state index < -0.39 is 17.9 Å². The van der Waals surface area contributed by atoms with Crippen LogP contribution in [0.15, 0.2) is 60.7 Å². The first-order valence-corrected chi connectivity index (χ1v) is 20.5. The minimum absolute atomic E-state index is 0.0218. The van der Waals surface area contributed by atoms with Crippen LogP contribution in [0.5, 0.6) is 17.2 Å². The molecule has 1 unspecified atom stereocenters. The molecular weight excluding hydrogens is 767 g/mol. The molecule has 60 heavy (non-hydrogen) atoms. The summed E-state index contributed by atoms with van der Waals surface area (Å²) in [5, 5.41) is 17.6. The fourth-order valence-electron chi connectivity index (χ4n) is 9.49. The summed E-state index contributed by atoms with van der Waals surface area (Å²) < 4.78 is 23.7. The Morgan fingerprint density at radius 2 is 1.53 bits per heavy atom. The van der Waals surface area contributed by atoms with E-state index in [2.05, 4.69) is 64.4 Å². The van der Waals surface area contributed by atoms with Gasteiger partial charge in [0.15, 0.2) is 0 Å². The van der Waals surface area contributed by atoms with Crippen molar-refractivity contribution in [3.05, 3.63) is 77.4 Å². The summed E-state index contributed by atoms with van der Waals surface area (Å²) in [7, 11) is 3.11. The number of anilines is 2. The third kappa shape index (κ3) is 8.71. The number of benzene rings is 3. The third-order valence-electron chi connectivity index (χ3n) is 12.5.